The van der Waals surface area contributed by atoms with E-state index < -0.39 is 0 Å². The summed E-state index contributed by atoms with van der Waals surface area (Å²) in [6, 6.07) is 4.69. The van der Waals surface area contributed by atoms with Gasteiger partial charge in [-0.3, -0.25) is 0 Å². The van der Waals surface area contributed by atoms with Crippen molar-refractivity contribution < 1.29 is 0 Å². The normalized spacial score (nSPS) is 12.8. The van der Waals surface area contributed by atoms with Crippen LogP contribution in [-0.4, -0.2) is 0 Å². The van der Waals surface area contributed by atoms with Crippen molar-refractivity contribution in [2.24, 2.45) is 0 Å². The highest BCUT2D eigenvalue weighted by Gasteiger charge is 2.13. The zero-order valence-corrected chi connectivity index (χ0v) is 12.3. The zero-order valence-electron chi connectivity index (χ0n) is 12.3. The van der Waals surface area contributed by atoms with Gasteiger partial charge in [0.15, 0.2) is 0 Å². The maximum Gasteiger partial charge on any atom is -0.0190 e. The lowest BCUT2D eigenvalue weighted by atomic mass is 9.85. The van der Waals surface area contributed by atoms with Crippen LogP contribution in [0.5, 0.6) is 0 Å². The Hall–Kier alpha value is -0.780. The van der Waals surface area contributed by atoms with E-state index in [1.165, 1.54) is 37.7 Å². The number of aryl methyl sites for hydroxylation is 1. The molecule has 0 spiro atoms. The largest absolute Gasteiger partial charge is 0.0651 e. The van der Waals surface area contributed by atoms with Crippen molar-refractivity contribution in [3.05, 3.63) is 34.4 Å². The van der Waals surface area contributed by atoms with Crippen LogP contribution in [0.1, 0.15) is 75.1 Å². The summed E-state index contributed by atoms with van der Waals surface area (Å²) < 4.78 is 0. The minimum atomic E-state index is 0.702. The van der Waals surface area contributed by atoms with Crippen LogP contribution in [0.15, 0.2) is 12.1 Å². The van der Waals surface area contributed by atoms with Gasteiger partial charge in [0.05, 0.1) is 0 Å². The van der Waals surface area contributed by atoms with E-state index in [2.05, 4.69) is 46.8 Å². The zero-order chi connectivity index (χ0) is 12.8. The second-order valence-electron chi connectivity index (χ2n) is 5.24. The Balaban J connectivity index is 3.25. The van der Waals surface area contributed by atoms with E-state index in [1.54, 1.807) is 16.7 Å². The van der Waals surface area contributed by atoms with Crippen LogP contribution in [0, 0.1) is 6.92 Å². The van der Waals surface area contributed by atoms with E-state index in [4.69, 9.17) is 0 Å². The van der Waals surface area contributed by atoms with Gasteiger partial charge < -0.3 is 0 Å². The van der Waals surface area contributed by atoms with Gasteiger partial charge >= 0.3 is 0 Å². The smallest absolute Gasteiger partial charge is 0.0190 e. The van der Waals surface area contributed by atoms with Crippen LogP contribution in [0.4, 0.5) is 0 Å². The van der Waals surface area contributed by atoms with Gasteiger partial charge in [-0.2, -0.15) is 0 Å². The van der Waals surface area contributed by atoms with E-state index in [0.717, 1.165) is 0 Å². The van der Waals surface area contributed by atoms with Gasteiger partial charge in [0, 0.05) is 0 Å². The maximum atomic E-state index is 2.37. The fourth-order valence-corrected chi connectivity index (χ4v) is 2.65. The first-order chi connectivity index (χ1) is 8.15. The third-order valence-electron chi connectivity index (χ3n) is 3.84. The van der Waals surface area contributed by atoms with Crippen molar-refractivity contribution in [1.82, 2.24) is 0 Å². The molecule has 0 fully saturated rings. The fraction of sp³-hybridized carbons (Fsp3) is 0.647. The second-order valence-corrected chi connectivity index (χ2v) is 5.24. The molecule has 0 N–H and O–H groups in total. The van der Waals surface area contributed by atoms with Gasteiger partial charge in [-0.25, -0.2) is 0 Å². The second kappa shape index (κ2) is 6.83. The average molecular weight is 232 g/mol. The molecule has 0 saturated heterocycles. The first-order valence-electron chi connectivity index (χ1n) is 7.26. The average Bonchev–Trinajstić information content (AvgIpc) is 2.33. The maximum absolute atomic E-state index is 2.37. The van der Waals surface area contributed by atoms with E-state index in [-0.39, 0.29) is 0 Å². The molecular formula is C17H28. The van der Waals surface area contributed by atoms with Crippen molar-refractivity contribution in [1.29, 1.82) is 0 Å². The third-order valence-corrected chi connectivity index (χ3v) is 3.84. The number of hydrogen-bond acceptors (Lipinski definition) is 0. The molecule has 0 radical (unpaired) electrons. The van der Waals surface area contributed by atoms with Crippen molar-refractivity contribution in [3.8, 4) is 0 Å². The minimum Gasteiger partial charge on any atom is -0.0651 e. The quantitative estimate of drug-likeness (QED) is 0.615. The highest BCUT2D eigenvalue weighted by molar-refractivity contribution is 5.42. The molecule has 0 aliphatic rings. The highest BCUT2D eigenvalue weighted by Crippen LogP contribution is 2.29. The molecular weight excluding hydrogens is 204 g/mol. The Bertz CT molecular complexity index is 349. The molecule has 1 rings (SSSR count). The number of benzene rings is 1. The van der Waals surface area contributed by atoms with E-state index in [0.29, 0.717) is 5.92 Å². The lowest BCUT2D eigenvalue weighted by molar-refractivity contribution is 0.711. The van der Waals surface area contributed by atoms with Crippen LogP contribution in [0.3, 0.4) is 0 Å². The molecule has 0 aliphatic heterocycles. The molecule has 0 saturated carbocycles. The summed E-state index contributed by atoms with van der Waals surface area (Å²) in [5.74, 6) is 0.702. The summed E-state index contributed by atoms with van der Waals surface area (Å²) in [5.41, 5.74) is 6.38. The fourth-order valence-electron chi connectivity index (χ4n) is 2.65. The predicted molar refractivity (Wildman–Crippen MR) is 77.9 cm³/mol. The molecule has 0 nitrogen and oxygen atoms in total. The molecule has 0 bridgehead atoms. The summed E-state index contributed by atoms with van der Waals surface area (Å²) in [6.45, 7) is 11.5. The lowest BCUT2D eigenvalue weighted by Crippen LogP contribution is -2.05. The molecule has 96 valence electrons. The van der Waals surface area contributed by atoms with Crippen LogP contribution >= 0.6 is 0 Å². The van der Waals surface area contributed by atoms with Gasteiger partial charge in [0.2, 0.25) is 0 Å². The first-order valence-corrected chi connectivity index (χ1v) is 7.26. The van der Waals surface area contributed by atoms with E-state index in [9.17, 15) is 0 Å². The van der Waals surface area contributed by atoms with Crippen molar-refractivity contribution in [2.45, 2.75) is 72.6 Å². The summed E-state index contributed by atoms with van der Waals surface area (Å²) in [5, 5.41) is 0. The summed E-state index contributed by atoms with van der Waals surface area (Å²) >= 11 is 0. The van der Waals surface area contributed by atoms with Gasteiger partial charge in [-0.15, -0.1) is 0 Å². The van der Waals surface area contributed by atoms with Crippen molar-refractivity contribution in [2.75, 3.05) is 0 Å². The molecule has 0 aromatic heterocycles. The van der Waals surface area contributed by atoms with E-state index >= 15 is 0 Å². The van der Waals surface area contributed by atoms with Gasteiger partial charge in [-0.1, -0.05) is 52.7 Å². The summed E-state index contributed by atoms with van der Waals surface area (Å²) in [6.07, 6.45) is 6.23. The van der Waals surface area contributed by atoms with Crippen LogP contribution < -0.4 is 0 Å². The Kier molecular flexibility index (Phi) is 5.74. The topological polar surface area (TPSA) is 0 Å². The number of rotatable bonds is 6. The number of hydrogen-bond donors (Lipinski definition) is 0. The molecule has 0 heterocycles. The van der Waals surface area contributed by atoms with Gasteiger partial charge in [0.1, 0.15) is 0 Å². The molecule has 17 heavy (non-hydrogen) atoms. The molecule has 0 heteroatoms. The Morgan fingerprint density at radius 3 is 2.06 bits per heavy atom. The van der Waals surface area contributed by atoms with Crippen molar-refractivity contribution in [3.63, 3.8) is 0 Å². The first kappa shape index (κ1) is 14.3. The summed E-state index contributed by atoms with van der Waals surface area (Å²) in [4.78, 5) is 0. The Morgan fingerprint density at radius 2 is 1.53 bits per heavy atom. The van der Waals surface area contributed by atoms with Gasteiger partial charge in [0.25, 0.3) is 0 Å². The highest BCUT2D eigenvalue weighted by atomic mass is 14.2. The lowest BCUT2D eigenvalue weighted by Gasteiger charge is -2.20. The van der Waals surface area contributed by atoms with Crippen LogP contribution in [-0.2, 0) is 12.8 Å². The molecule has 1 aromatic carbocycles. The third kappa shape index (κ3) is 3.34. The van der Waals surface area contributed by atoms with E-state index in [1.807, 2.05) is 0 Å². The molecule has 1 aromatic rings. The van der Waals surface area contributed by atoms with Crippen LogP contribution in [0.2, 0.25) is 0 Å². The molecule has 1 unspecified atom stereocenters. The van der Waals surface area contributed by atoms with Crippen LogP contribution in [0.25, 0.3) is 0 Å². The minimum absolute atomic E-state index is 0.702. The Labute approximate surface area is 107 Å². The standard InChI is InChI=1S/C17H28/c1-6-9-15-14(5)11-12-16(13(4)8-3)17(15)10-7-2/h11-13H,6-10H2,1-5H3. The van der Waals surface area contributed by atoms with Crippen molar-refractivity contribution >= 4 is 0 Å². The predicted octanol–water partition coefficient (Wildman–Crippen LogP) is 5.41. The van der Waals surface area contributed by atoms with Gasteiger partial charge in [-0.05, 0) is 54.4 Å². The Morgan fingerprint density at radius 1 is 0.941 bits per heavy atom. The monoisotopic (exact) mass is 232 g/mol. The SMILES string of the molecule is CCCc1c(C)ccc(C(C)CC)c1CCC. The molecule has 0 aliphatic carbocycles. The molecule has 0 amide bonds. The molecule has 1 atom stereocenters. The summed E-state index contributed by atoms with van der Waals surface area (Å²) in [7, 11) is 0.